The molecule has 116 valence electrons. The Hall–Kier alpha value is -2.37. The highest BCUT2D eigenvalue weighted by atomic mass is 16.6. The molecule has 2 heterocycles. The molecule has 0 unspecified atom stereocenters. The van der Waals surface area contributed by atoms with Crippen LogP contribution < -0.4 is 0 Å². The van der Waals surface area contributed by atoms with Gasteiger partial charge in [-0.2, -0.15) is 0 Å². The van der Waals surface area contributed by atoms with E-state index in [0.717, 1.165) is 16.0 Å². The highest BCUT2D eigenvalue weighted by molar-refractivity contribution is 5.98. The summed E-state index contributed by atoms with van der Waals surface area (Å²) in [5, 5.41) is 0. The number of hydrogen-bond acceptors (Lipinski definition) is 4. The highest BCUT2D eigenvalue weighted by Crippen LogP contribution is 2.22. The Kier molecular flexibility index (Phi) is 3.60. The summed E-state index contributed by atoms with van der Waals surface area (Å²) in [7, 11) is 0. The van der Waals surface area contributed by atoms with Gasteiger partial charge in [-0.1, -0.05) is 17.2 Å². The minimum atomic E-state index is -0.580. The zero-order valence-corrected chi connectivity index (χ0v) is 12.7. The molecular formula is C16H18N2O4. The van der Waals surface area contributed by atoms with Crippen LogP contribution in [0.4, 0.5) is 4.79 Å². The van der Waals surface area contributed by atoms with Gasteiger partial charge in [0, 0.05) is 31.1 Å². The molecule has 6 heteroatoms. The highest BCUT2D eigenvalue weighted by Gasteiger charge is 2.38. The lowest BCUT2D eigenvalue weighted by Gasteiger charge is -2.40. The summed E-state index contributed by atoms with van der Waals surface area (Å²) in [4.78, 5) is 38.1. The van der Waals surface area contributed by atoms with Crippen LogP contribution in [-0.2, 0) is 9.53 Å². The van der Waals surface area contributed by atoms with E-state index in [1.54, 1.807) is 4.90 Å². The third-order valence-electron chi connectivity index (χ3n) is 3.99. The van der Waals surface area contributed by atoms with E-state index >= 15 is 0 Å². The minimum Gasteiger partial charge on any atom is -0.439 e. The Balaban J connectivity index is 1.58. The number of hydrogen-bond donors (Lipinski definition) is 0. The topological polar surface area (TPSA) is 66.9 Å². The molecule has 2 aliphatic heterocycles. The third-order valence-corrected chi connectivity index (χ3v) is 3.99. The number of aryl methyl sites for hydroxylation is 2. The molecular weight excluding hydrogens is 284 g/mol. The second-order valence-corrected chi connectivity index (χ2v) is 6.01. The molecule has 2 aliphatic rings. The summed E-state index contributed by atoms with van der Waals surface area (Å²) in [5.41, 5.74) is 2.81. The number of rotatable bonds is 3. The number of imide groups is 1. The fourth-order valence-electron chi connectivity index (χ4n) is 2.95. The molecule has 0 bridgehead atoms. The van der Waals surface area contributed by atoms with Crippen molar-refractivity contribution < 1.29 is 19.1 Å². The van der Waals surface area contributed by atoms with Crippen molar-refractivity contribution >= 4 is 17.9 Å². The van der Waals surface area contributed by atoms with Gasteiger partial charge in [0.15, 0.2) is 6.61 Å². The van der Waals surface area contributed by atoms with Gasteiger partial charge in [-0.3, -0.25) is 9.59 Å². The summed E-state index contributed by atoms with van der Waals surface area (Å²) in [5.74, 6) is -0.174. The lowest BCUT2D eigenvalue weighted by molar-refractivity contribution is -0.126. The smallest absolute Gasteiger partial charge is 0.417 e. The lowest BCUT2D eigenvalue weighted by atomic mass is 9.97. The van der Waals surface area contributed by atoms with E-state index in [4.69, 9.17) is 0 Å². The first kappa shape index (κ1) is 14.6. The number of amides is 3. The monoisotopic (exact) mass is 302 g/mol. The zero-order chi connectivity index (χ0) is 15.9. The Bertz CT molecular complexity index is 613. The molecule has 1 aromatic rings. The van der Waals surface area contributed by atoms with E-state index in [0.29, 0.717) is 25.2 Å². The van der Waals surface area contributed by atoms with Gasteiger partial charge >= 0.3 is 6.09 Å². The predicted molar refractivity (Wildman–Crippen MR) is 78.4 cm³/mol. The summed E-state index contributed by atoms with van der Waals surface area (Å²) in [6, 6.07) is 5.79. The van der Waals surface area contributed by atoms with Crippen LogP contribution in [0.1, 0.15) is 21.5 Å². The molecule has 2 fully saturated rings. The molecule has 6 nitrogen and oxygen atoms in total. The Labute approximate surface area is 128 Å². The number of carbonyl (C=O) groups is 3. The maximum absolute atomic E-state index is 12.4. The summed E-state index contributed by atoms with van der Waals surface area (Å²) >= 11 is 0. The SMILES string of the molecule is Cc1cc(C)cc(C(=O)N2CC(CN3C(=O)COC3=O)C2)c1. The van der Waals surface area contributed by atoms with Gasteiger partial charge in [0.05, 0.1) is 0 Å². The number of ether oxygens (including phenoxy) is 1. The van der Waals surface area contributed by atoms with Crippen LogP contribution in [0.15, 0.2) is 18.2 Å². The molecule has 0 aliphatic carbocycles. The average Bonchev–Trinajstić information content (AvgIpc) is 2.71. The quantitative estimate of drug-likeness (QED) is 0.845. The van der Waals surface area contributed by atoms with Gasteiger partial charge < -0.3 is 9.64 Å². The second-order valence-electron chi connectivity index (χ2n) is 6.01. The van der Waals surface area contributed by atoms with Crippen LogP contribution in [-0.4, -0.2) is 53.9 Å². The molecule has 1 aromatic carbocycles. The Morgan fingerprint density at radius 3 is 2.36 bits per heavy atom. The van der Waals surface area contributed by atoms with Gasteiger partial charge in [-0.05, 0) is 26.0 Å². The van der Waals surface area contributed by atoms with Crippen molar-refractivity contribution in [3.8, 4) is 0 Å². The van der Waals surface area contributed by atoms with Crippen LogP contribution in [0.25, 0.3) is 0 Å². The van der Waals surface area contributed by atoms with Crippen molar-refractivity contribution in [1.29, 1.82) is 0 Å². The Morgan fingerprint density at radius 2 is 1.82 bits per heavy atom. The summed E-state index contributed by atoms with van der Waals surface area (Å²) < 4.78 is 4.67. The van der Waals surface area contributed by atoms with E-state index in [1.165, 1.54) is 0 Å². The van der Waals surface area contributed by atoms with Crippen molar-refractivity contribution in [3.05, 3.63) is 34.9 Å². The van der Waals surface area contributed by atoms with E-state index < -0.39 is 6.09 Å². The first-order valence-corrected chi connectivity index (χ1v) is 7.29. The number of likely N-dealkylation sites (tertiary alicyclic amines) is 1. The van der Waals surface area contributed by atoms with E-state index in [-0.39, 0.29) is 24.3 Å². The first-order valence-electron chi connectivity index (χ1n) is 7.29. The number of cyclic esters (lactones) is 1. The molecule has 0 radical (unpaired) electrons. The maximum Gasteiger partial charge on any atom is 0.417 e. The van der Waals surface area contributed by atoms with Gasteiger partial charge in [-0.15, -0.1) is 0 Å². The molecule has 0 atom stereocenters. The van der Waals surface area contributed by atoms with Crippen molar-refractivity contribution in [2.24, 2.45) is 5.92 Å². The average molecular weight is 302 g/mol. The van der Waals surface area contributed by atoms with Crippen molar-refractivity contribution in [3.63, 3.8) is 0 Å². The molecule has 0 N–H and O–H groups in total. The number of carbonyl (C=O) groups excluding carboxylic acids is 3. The molecule has 0 spiro atoms. The van der Waals surface area contributed by atoms with Crippen LogP contribution in [0, 0.1) is 19.8 Å². The normalized spacial score (nSPS) is 18.5. The van der Waals surface area contributed by atoms with Crippen LogP contribution >= 0.6 is 0 Å². The molecule has 3 rings (SSSR count). The van der Waals surface area contributed by atoms with Crippen LogP contribution in [0.2, 0.25) is 0 Å². The summed E-state index contributed by atoms with van der Waals surface area (Å²) in [6.45, 7) is 5.21. The maximum atomic E-state index is 12.4. The fraction of sp³-hybridized carbons (Fsp3) is 0.438. The van der Waals surface area contributed by atoms with Gasteiger partial charge in [0.1, 0.15) is 0 Å². The van der Waals surface area contributed by atoms with Crippen LogP contribution in [0.5, 0.6) is 0 Å². The first-order chi connectivity index (χ1) is 10.4. The van der Waals surface area contributed by atoms with Gasteiger partial charge in [0.2, 0.25) is 0 Å². The molecule has 3 amide bonds. The second kappa shape index (κ2) is 5.44. The molecule has 0 aromatic heterocycles. The lowest BCUT2D eigenvalue weighted by Crippen LogP contribution is -2.54. The Morgan fingerprint density at radius 1 is 1.18 bits per heavy atom. The minimum absolute atomic E-state index is 0.00150. The largest absolute Gasteiger partial charge is 0.439 e. The van der Waals surface area contributed by atoms with Crippen molar-refractivity contribution in [2.45, 2.75) is 13.8 Å². The zero-order valence-electron chi connectivity index (χ0n) is 12.7. The molecule has 22 heavy (non-hydrogen) atoms. The molecule has 2 saturated heterocycles. The van der Waals surface area contributed by atoms with Gasteiger partial charge in [0.25, 0.3) is 11.8 Å². The number of benzene rings is 1. The van der Waals surface area contributed by atoms with Gasteiger partial charge in [-0.25, -0.2) is 9.69 Å². The van der Waals surface area contributed by atoms with E-state index in [9.17, 15) is 14.4 Å². The fourth-order valence-corrected chi connectivity index (χ4v) is 2.95. The molecule has 0 saturated carbocycles. The number of nitrogens with zero attached hydrogens (tertiary/aromatic N) is 2. The third kappa shape index (κ3) is 2.68. The van der Waals surface area contributed by atoms with Crippen molar-refractivity contribution in [1.82, 2.24) is 9.80 Å². The van der Waals surface area contributed by atoms with Crippen LogP contribution in [0.3, 0.4) is 0 Å². The van der Waals surface area contributed by atoms with E-state index in [2.05, 4.69) is 4.74 Å². The summed E-state index contributed by atoms with van der Waals surface area (Å²) in [6.07, 6.45) is -0.580. The predicted octanol–water partition coefficient (Wildman–Crippen LogP) is 1.35. The van der Waals surface area contributed by atoms with Crippen molar-refractivity contribution in [2.75, 3.05) is 26.2 Å². The van der Waals surface area contributed by atoms with E-state index in [1.807, 2.05) is 32.0 Å². The standard InChI is InChI=1S/C16H18N2O4/c1-10-3-11(2)5-13(4-10)15(20)17-6-12(7-17)8-18-14(19)9-22-16(18)21/h3-5,12H,6-9H2,1-2H3.